The molecule has 138 valence electrons. The second-order valence-electron chi connectivity index (χ2n) is 6.31. The van der Waals surface area contributed by atoms with Gasteiger partial charge in [0.15, 0.2) is 0 Å². The Kier molecular flexibility index (Phi) is 8.55. The highest BCUT2D eigenvalue weighted by molar-refractivity contribution is 5.81. The van der Waals surface area contributed by atoms with Crippen molar-refractivity contribution in [2.75, 3.05) is 19.6 Å². The summed E-state index contributed by atoms with van der Waals surface area (Å²) in [5.74, 6) is 9.33. The van der Waals surface area contributed by atoms with Crippen LogP contribution < -0.4 is 21.1 Å². The minimum absolute atomic E-state index is 0.210. The number of benzene rings is 1. The van der Waals surface area contributed by atoms with Gasteiger partial charge in [-0.2, -0.15) is 0 Å². The molecule has 4 N–H and O–H groups in total. The van der Waals surface area contributed by atoms with E-state index in [0.29, 0.717) is 13.0 Å². The Hall–Kier alpha value is -2.47. The third-order valence-electron chi connectivity index (χ3n) is 4.11. The van der Waals surface area contributed by atoms with Crippen molar-refractivity contribution in [3.05, 3.63) is 29.8 Å². The number of carbonyl (C=O) groups is 1. The third kappa shape index (κ3) is 7.19. The second kappa shape index (κ2) is 11.2. The van der Waals surface area contributed by atoms with Crippen LogP contribution in [0.25, 0.3) is 0 Å². The van der Waals surface area contributed by atoms with E-state index in [4.69, 9.17) is 16.9 Å². The molecule has 0 unspecified atom stereocenters. The number of nitrogens with one attached hydrogen (secondary N) is 2. The summed E-state index contributed by atoms with van der Waals surface area (Å²) in [5.41, 5.74) is 6.57. The Balaban J connectivity index is 1.71. The monoisotopic (exact) mass is 353 g/mol. The fourth-order valence-corrected chi connectivity index (χ4v) is 2.66. The molecule has 1 atom stereocenters. The van der Waals surface area contributed by atoms with Crippen molar-refractivity contribution < 1.29 is 9.53 Å². The number of terminal acetylenes is 1. The van der Waals surface area contributed by atoms with Crippen molar-refractivity contribution in [2.45, 2.75) is 44.2 Å². The smallest absolute Gasteiger partial charge is 0.237 e. The Morgan fingerprint density at radius 1 is 1.42 bits per heavy atom. The van der Waals surface area contributed by atoms with Gasteiger partial charge in [0.2, 0.25) is 5.91 Å². The van der Waals surface area contributed by atoms with Crippen LogP contribution in [0.5, 0.6) is 5.75 Å². The van der Waals surface area contributed by atoms with E-state index < -0.39 is 6.04 Å². The van der Waals surface area contributed by atoms with E-state index in [1.165, 1.54) is 0 Å². The maximum atomic E-state index is 11.6. The first kappa shape index (κ1) is 19.8. The molecule has 1 aromatic carbocycles. The standard InChI is InChI=1S/C21H27N3O2/c1-2-7-20(22)21(25)24-13-5-3-4-8-17-9-6-10-19(16-17)26-18-11-14-23-15-12-18/h1,6,9-10,16,18,20,23H,3,5,7,11-15,22H2,(H,24,25)/t20-/m0/s1. The summed E-state index contributed by atoms with van der Waals surface area (Å²) < 4.78 is 6.03. The van der Waals surface area contributed by atoms with Crippen molar-refractivity contribution in [2.24, 2.45) is 5.73 Å². The zero-order valence-electron chi connectivity index (χ0n) is 15.1. The number of unbranched alkanes of at least 4 members (excludes halogenated alkanes) is 1. The van der Waals surface area contributed by atoms with Crippen LogP contribution in [0.15, 0.2) is 24.3 Å². The molecule has 0 aliphatic carbocycles. The first-order valence-corrected chi connectivity index (χ1v) is 9.12. The van der Waals surface area contributed by atoms with Crippen LogP contribution in [0.1, 0.15) is 37.7 Å². The molecule has 1 fully saturated rings. The lowest BCUT2D eigenvalue weighted by Gasteiger charge is -2.23. The average Bonchev–Trinajstić information content (AvgIpc) is 2.65. The first-order valence-electron chi connectivity index (χ1n) is 9.12. The number of carbonyl (C=O) groups excluding carboxylic acids is 1. The molecule has 5 nitrogen and oxygen atoms in total. The molecule has 1 heterocycles. The van der Waals surface area contributed by atoms with Crippen molar-refractivity contribution in [1.29, 1.82) is 0 Å². The molecular formula is C21H27N3O2. The fraction of sp³-hybridized carbons (Fsp3) is 0.476. The Labute approximate surface area is 156 Å². The molecule has 1 amide bonds. The van der Waals surface area contributed by atoms with Gasteiger partial charge in [0.1, 0.15) is 11.9 Å². The Morgan fingerprint density at radius 3 is 3.00 bits per heavy atom. The summed E-state index contributed by atoms with van der Waals surface area (Å²) in [4.78, 5) is 11.6. The lowest BCUT2D eigenvalue weighted by Crippen LogP contribution is -2.40. The molecule has 0 radical (unpaired) electrons. The van der Waals surface area contributed by atoms with E-state index >= 15 is 0 Å². The van der Waals surface area contributed by atoms with Crippen molar-refractivity contribution in [1.82, 2.24) is 10.6 Å². The van der Waals surface area contributed by atoms with Crippen LogP contribution in [-0.4, -0.2) is 37.7 Å². The van der Waals surface area contributed by atoms with Gasteiger partial charge < -0.3 is 21.1 Å². The molecule has 1 saturated heterocycles. The van der Waals surface area contributed by atoms with E-state index in [2.05, 4.69) is 28.4 Å². The minimum Gasteiger partial charge on any atom is -0.490 e. The molecule has 5 heteroatoms. The second-order valence-corrected chi connectivity index (χ2v) is 6.31. The van der Waals surface area contributed by atoms with Crippen molar-refractivity contribution in [3.8, 4) is 29.9 Å². The van der Waals surface area contributed by atoms with Gasteiger partial charge in [-0.05, 0) is 50.6 Å². The van der Waals surface area contributed by atoms with Crippen LogP contribution in [0.2, 0.25) is 0 Å². The number of nitrogens with two attached hydrogens (primary N) is 1. The van der Waals surface area contributed by atoms with Crippen LogP contribution in [0.3, 0.4) is 0 Å². The number of hydrogen-bond acceptors (Lipinski definition) is 4. The predicted octanol–water partition coefficient (Wildman–Crippen LogP) is 1.42. The van der Waals surface area contributed by atoms with Gasteiger partial charge >= 0.3 is 0 Å². The van der Waals surface area contributed by atoms with Crippen LogP contribution in [0, 0.1) is 24.2 Å². The molecular weight excluding hydrogens is 326 g/mol. The van der Waals surface area contributed by atoms with Crippen LogP contribution in [0.4, 0.5) is 0 Å². The highest BCUT2D eigenvalue weighted by Crippen LogP contribution is 2.17. The van der Waals surface area contributed by atoms with Gasteiger partial charge in [-0.1, -0.05) is 17.9 Å². The molecule has 0 saturated carbocycles. The minimum atomic E-state index is -0.631. The zero-order valence-corrected chi connectivity index (χ0v) is 15.1. The molecule has 1 aliphatic rings. The summed E-state index contributed by atoms with van der Waals surface area (Å²) in [6, 6.07) is 7.27. The van der Waals surface area contributed by atoms with Gasteiger partial charge in [-0.3, -0.25) is 4.79 Å². The Bertz CT molecular complexity index is 678. The average molecular weight is 353 g/mol. The Morgan fingerprint density at radius 2 is 2.23 bits per heavy atom. The summed E-state index contributed by atoms with van der Waals surface area (Å²) in [6.45, 7) is 2.56. The maximum Gasteiger partial charge on any atom is 0.237 e. The zero-order chi connectivity index (χ0) is 18.6. The van der Waals surface area contributed by atoms with Gasteiger partial charge in [0.25, 0.3) is 0 Å². The number of rotatable bonds is 7. The fourth-order valence-electron chi connectivity index (χ4n) is 2.66. The summed E-state index contributed by atoms with van der Waals surface area (Å²) in [7, 11) is 0. The van der Waals surface area contributed by atoms with Gasteiger partial charge in [0.05, 0.1) is 6.04 Å². The molecule has 0 aromatic heterocycles. The van der Waals surface area contributed by atoms with Crippen LogP contribution >= 0.6 is 0 Å². The quantitative estimate of drug-likeness (QED) is 0.512. The largest absolute Gasteiger partial charge is 0.490 e. The number of hydrogen-bond donors (Lipinski definition) is 3. The summed E-state index contributed by atoms with van der Waals surface area (Å²) >= 11 is 0. The van der Waals surface area contributed by atoms with Crippen LogP contribution in [-0.2, 0) is 4.79 Å². The van der Waals surface area contributed by atoms with E-state index in [-0.39, 0.29) is 18.4 Å². The first-order chi connectivity index (χ1) is 12.7. The van der Waals surface area contributed by atoms with Gasteiger partial charge in [0, 0.05) is 24.9 Å². The number of amides is 1. The van der Waals surface area contributed by atoms with Crippen molar-refractivity contribution >= 4 is 5.91 Å². The van der Waals surface area contributed by atoms with Gasteiger partial charge in [-0.15, -0.1) is 12.3 Å². The SMILES string of the molecule is C#CC[C@H](N)C(=O)NCCCC#Cc1cccc(OC2CCNCC2)c1. The predicted molar refractivity (Wildman–Crippen MR) is 104 cm³/mol. The van der Waals surface area contributed by atoms with E-state index in [9.17, 15) is 4.79 Å². The molecule has 0 bridgehead atoms. The molecule has 2 rings (SSSR count). The van der Waals surface area contributed by atoms with E-state index in [0.717, 1.165) is 43.7 Å². The van der Waals surface area contributed by atoms with Gasteiger partial charge in [-0.25, -0.2) is 0 Å². The highest BCUT2D eigenvalue weighted by Gasteiger charge is 2.14. The topological polar surface area (TPSA) is 76.4 Å². The molecule has 26 heavy (non-hydrogen) atoms. The maximum absolute atomic E-state index is 11.6. The van der Waals surface area contributed by atoms with Crippen molar-refractivity contribution in [3.63, 3.8) is 0 Å². The van der Waals surface area contributed by atoms with E-state index in [1.807, 2.05) is 24.3 Å². The van der Waals surface area contributed by atoms with E-state index in [1.54, 1.807) is 0 Å². The molecule has 1 aromatic rings. The molecule has 0 spiro atoms. The molecule has 1 aliphatic heterocycles. The third-order valence-corrected chi connectivity index (χ3v) is 4.11. The lowest BCUT2D eigenvalue weighted by molar-refractivity contribution is -0.122. The summed E-state index contributed by atoms with van der Waals surface area (Å²) in [6.07, 6.45) is 9.21. The number of ether oxygens (including phenoxy) is 1. The normalized spacial score (nSPS) is 15.2. The summed E-state index contributed by atoms with van der Waals surface area (Å²) in [5, 5.41) is 6.10. The lowest BCUT2D eigenvalue weighted by atomic mass is 10.1. The highest BCUT2D eigenvalue weighted by atomic mass is 16.5. The number of piperidine rings is 1.